The summed E-state index contributed by atoms with van der Waals surface area (Å²) in [5.41, 5.74) is 2.11. The summed E-state index contributed by atoms with van der Waals surface area (Å²) >= 11 is 0. The van der Waals surface area contributed by atoms with Crippen molar-refractivity contribution < 1.29 is 17.9 Å². The van der Waals surface area contributed by atoms with Crippen LogP contribution in [-0.2, 0) is 10.0 Å². The van der Waals surface area contributed by atoms with E-state index in [1.807, 2.05) is 61.5 Å². The third-order valence-corrected chi connectivity index (χ3v) is 7.02. The predicted molar refractivity (Wildman–Crippen MR) is 128 cm³/mol. The highest BCUT2D eigenvalue weighted by atomic mass is 32.2. The van der Waals surface area contributed by atoms with Crippen LogP contribution in [0.3, 0.4) is 0 Å². The van der Waals surface area contributed by atoms with Crippen molar-refractivity contribution in [1.82, 2.24) is 10.0 Å². The molecule has 3 aromatic rings. The predicted octanol–water partition coefficient (Wildman–Crippen LogP) is 4.29. The second kappa shape index (κ2) is 10.2. The highest BCUT2D eigenvalue weighted by Gasteiger charge is 2.25. The molecule has 1 aliphatic carbocycles. The Morgan fingerprint density at radius 2 is 1.67 bits per heavy atom. The van der Waals surface area contributed by atoms with E-state index in [1.165, 1.54) is 12.1 Å². The Morgan fingerprint density at radius 1 is 0.970 bits per heavy atom. The summed E-state index contributed by atoms with van der Waals surface area (Å²) in [6.45, 7) is 2.94. The molecular formula is C26H28N2O4S. The van der Waals surface area contributed by atoms with Crippen LogP contribution >= 0.6 is 0 Å². The van der Waals surface area contributed by atoms with E-state index in [2.05, 4.69) is 10.0 Å². The van der Waals surface area contributed by atoms with Gasteiger partial charge in [0.15, 0.2) is 0 Å². The van der Waals surface area contributed by atoms with Gasteiger partial charge < -0.3 is 10.1 Å². The Hall–Kier alpha value is -3.16. The van der Waals surface area contributed by atoms with Crippen molar-refractivity contribution in [2.24, 2.45) is 5.92 Å². The molecule has 1 atom stereocenters. The lowest BCUT2D eigenvalue weighted by Gasteiger charge is -2.20. The summed E-state index contributed by atoms with van der Waals surface area (Å²) in [4.78, 5) is 13.3. The average molecular weight is 465 g/mol. The number of hydrogen-bond donors (Lipinski definition) is 2. The third kappa shape index (κ3) is 6.00. The number of sulfonamides is 1. The Bertz CT molecular complexity index is 1190. The Morgan fingerprint density at radius 3 is 2.33 bits per heavy atom. The normalized spacial score (nSPS) is 14.5. The van der Waals surface area contributed by atoms with E-state index in [1.54, 1.807) is 12.1 Å². The van der Waals surface area contributed by atoms with E-state index < -0.39 is 16.1 Å². The number of rotatable bonds is 10. The molecule has 172 valence electrons. The van der Waals surface area contributed by atoms with Crippen LogP contribution in [0.15, 0.2) is 83.8 Å². The minimum absolute atomic E-state index is 0.0909. The van der Waals surface area contributed by atoms with Gasteiger partial charge in [-0.3, -0.25) is 4.79 Å². The first-order valence-electron chi connectivity index (χ1n) is 11.1. The monoisotopic (exact) mass is 464 g/mol. The smallest absolute Gasteiger partial charge is 0.252 e. The Balaban J connectivity index is 1.57. The number of amides is 1. The second-order valence-corrected chi connectivity index (χ2v) is 9.91. The molecule has 0 bridgehead atoms. The van der Waals surface area contributed by atoms with Crippen molar-refractivity contribution in [3.8, 4) is 5.75 Å². The number of hydrogen-bond acceptors (Lipinski definition) is 4. The third-order valence-electron chi connectivity index (χ3n) is 5.60. The van der Waals surface area contributed by atoms with Gasteiger partial charge in [-0.25, -0.2) is 13.1 Å². The second-order valence-electron chi connectivity index (χ2n) is 8.14. The quantitative estimate of drug-likeness (QED) is 0.469. The average Bonchev–Trinajstić information content (AvgIpc) is 3.67. The van der Waals surface area contributed by atoms with Crippen LogP contribution < -0.4 is 14.8 Å². The molecule has 0 spiro atoms. The summed E-state index contributed by atoms with van der Waals surface area (Å²) in [6, 6.07) is 23.0. The molecule has 0 aromatic heterocycles. The maximum Gasteiger partial charge on any atom is 0.252 e. The van der Waals surface area contributed by atoms with Crippen LogP contribution in [0.1, 0.15) is 47.3 Å². The molecule has 3 aromatic carbocycles. The SMILES string of the molecule is CCOc1ccc(C(NC(=O)c2cccc(S(=O)(=O)NCC3CC3)c2)c2ccccc2)cc1. The molecule has 6 nitrogen and oxygen atoms in total. The van der Waals surface area contributed by atoms with Gasteiger partial charge in [0.25, 0.3) is 5.91 Å². The molecule has 0 saturated heterocycles. The van der Waals surface area contributed by atoms with Gasteiger partial charge in [0.1, 0.15) is 5.75 Å². The first-order chi connectivity index (χ1) is 16.0. The van der Waals surface area contributed by atoms with E-state index in [4.69, 9.17) is 4.74 Å². The van der Waals surface area contributed by atoms with Crippen LogP contribution in [0.2, 0.25) is 0 Å². The van der Waals surface area contributed by atoms with Gasteiger partial charge in [-0.05, 0) is 67.1 Å². The molecule has 0 radical (unpaired) electrons. The zero-order valence-corrected chi connectivity index (χ0v) is 19.3. The van der Waals surface area contributed by atoms with Crippen LogP contribution in [0.25, 0.3) is 0 Å². The molecule has 7 heteroatoms. The van der Waals surface area contributed by atoms with Crippen LogP contribution in [-0.4, -0.2) is 27.5 Å². The van der Waals surface area contributed by atoms with E-state index in [0.717, 1.165) is 29.7 Å². The first kappa shape index (κ1) is 23.0. The van der Waals surface area contributed by atoms with Crippen molar-refractivity contribution >= 4 is 15.9 Å². The summed E-state index contributed by atoms with van der Waals surface area (Å²) in [5, 5.41) is 3.06. The minimum Gasteiger partial charge on any atom is -0.494 e. The molecule has 1 amide bonds. The molecule has 0 heterocycles. The molecule has 1 unspecified atom stereocenters. The van der Waals surface area contributed by atoms with Gasteiger partial charge in [-0.15, -0.1) is 0 Å². The molecule has 1 fully saturated rings. The molecule has 1 saturated carbocycles. The fraction of sp³-hybridized carbons (Fsp3) is 0.269. The molecule has 1 aliphatic rings. The standard InChI is InChI=1S/C26H28N2O4S/c1-2-32-23-15-13-21(14-16-23)25(20-7-4-3-5-8-20)28-26(29)22-9-6-10-24(17-22)33(30,31)27-18-19-11-12-19/h3-10,13-17,19,25,27H,2,11-12,18H2,1H3,(H,28,29). The summed E-state index contributed by atoms with van der Waals surface area (Å²) in [7, 11) is -3.66. The van der Waals surface area contributed by atoms with Crippen LogP contribution in [0, 0.1) is 5.92 Å². The van der Waals surface area contributed by atoms with Crippen molar-refractivity contribution in [2.75, 3.05) is 13.2 Å². The lowest BCUT2D eigenvalue weighted by Crippen LogP contribution is -2.30. The topological polar surface area (TPSA) is 84.5 Å². The summed E-state index contributed by atoms with van der Waals surface area (Å²) in [5.74, 6) is 0.833. The molecule has 4 rings (SSSR count). The first-order valence-corrected chi connectivity index (χ1v) is 12.6. The summed E-state index contributed by atoms with van der Waals surface area (Å²) in [6.07, 6.45) is 2.11. The van der Waals surface area contributed by atoms with Crippen molar-refractivity contribution in [3.05, 3.63) is 95.6 Å². The number of ether oxygens (including phenoxy) is 1. The lowest BCUT2D eigenvalue weighted by molar-refractivity contribution is 0.0942. The summed E-state index contributed by atoms with van der Waals surface area (Å²) < 4.78 is 33.4. The van der Waals surface area contributed by atoms with Gasteiger partial charge in [-0.2, -0.15) is 0 Å². The van der Waals surface area contributed by atoms with E-state index in [0.29, 0.717) is 19.1 Å². The zero-order chi connectivity index (χ0) is 23.3. The number of carbonyl (C=O) groups excluding carboxylic acids is 1. The van der Waals surface area contributed by atoms with E-state index in [-0.39, 0.29) is 16.4 Å². The zero-order valence-electron chi connectivity index (χ0n) is 18.5. The largest absolute Gasteiger partial charge is 0.494 e. The molecular weight excluding hydrogens is 436 g/mol. The fourth-order valence-corrected chi connectivity index (χ4v) is 4.74. The number of carbonyl (C=O) groups is 1. The number of benzene rings is 3. The van der Waals surface area contributed by atoms with Crippen LogP contribution in [0.4, 0.5) is 0 Å². The van der Waals surface area contributed by atoms with E-state index in [9.17, 15) is 13.2 Å². The van der Waals surface area contributed by atoms with Gasteiger partial charge in [0.2, 0.25) is 10.0 Å². The molecule has 33 heavy (non-hydrogen) atoms. The highest BCUT2D eigenvalue weighted by Crippen LogP contribution is 2.28. The van der Waals surface area contributed by atoms with Crippen LogP contribution in [0.5, 0.6) is 5.75 Å². The van der Waals surface area contributed by atoms with E-state index >= 15 is 0 Å². The van der Waals surface area contributed by atoms with Crippen molar-refractivity contribution in [2.45, 2.75) is 30.7 Å². The molecule has 0 aliphatic heterocycles. The number of nitrogens with one attached hydrogen (secondary N) is 2. The maximum absolute atomic E-state index is 13.2. The van der Waals surface area contributed by atoms with Crippen molar-refractivity contribution in [1.29, 1.82) is 0 Å². The van der Waals surface area contributed by atoms with Crippen molar-refractivity contribution in [3.63, 3.8) is 0 Å². The molecule has 2 N–H and O–H groups in total. The maximum atomic E-state index is 13.2. The van der Waals surface area contributed by atoms with Gasteiger partial charge in [0, 0.05) is 12.1 Å². The highest BCUT2D eigenvalue weighted by molar-refractivity contribution is 7.89. The Kier molecular flexibility index (Phi) is 7.11. The minimum atomic E-state index is -3.66. The van der Waals surface area contributed by atoms with Gasteiger partial charge in [-0.1, -0.05) is 48.5 Å². The van der Waals surface area contributed by atoms with Gasteiger partial charge in [0.05, 0.1) is 17.5 Å². The Labute approximate surface area is 195 Å². The van der Waals surface area contributed by atoms with Gasteiger partial charge >= 0.3 is 0 Å². The lowest BCUT2D eigenvalue weighted by atomic mass is 9.98. The fourth-order valence-electron chi connectivity index (χ4n) is 3.58.